The van der Waals surface area contributed by atoms with Crippen molar-refractivity contribution >= 4 is 29.5 Å². The fourth-order valence-corrected chi connectivity index (χ4v) is 3.58. The molecule has 0 bridgehead atoms. The van der Waals surface area contributed by atoms with Gasteiger partial charge in [0.05, 0.1) is 19.4 Å². The number of ether oxygens (including phenoxy) is 2. The summed E-state index contributed by atoms with van der Waals surface area (Å²) in [6.45, 7) is 5.16. The fourth-order valence-electron chi connectivity index (χ4n) is 3.58. The normalized spacial score (nSPS) is 14.3. The average Bonchev–Trinajstić information content (AvgIpc) is 3.22. The summed E-state index contributed by atoms with van der Waals surface area (Å²) in [6.07, 6.45) is 1.68. The van der Waals surface area contributed by atoms with E-state index in [-0.39, 0.29) is 23.5 Å². The molecule has 10 heteroatoms. The van der Waals surface area contributed by atoms with Gasteiger partial charge in [-0.3, -0.25) is 9.69 Å². The van der Waals surface area contributed by atoms with Gasteiger partial charge < -0.3 is 19.8 Å². The summed E-state index contributed by atoms with van der Waals surface area (Å²) in [4.78, 5) is 26.5. The molecule has 0 radical (unpaired) electrons. The number of hydrogen-bond donors (Lipinski definition) is 2. The molecule has 1 amide bonds. The maximum atomic E-state index is 14.4. The van der Waals surface area contributed by atoms with Crippen LogP contribution in [0, 0.1) is 5.82 Å². The monoisotopic (exact) mass is 463 g/mol. The molecule has 1 saturated heterocycles. The van der Waals surface area contributed by atoms with Crippen molar-refractivity contribution < 1.29 is 18.7 Å². The number of aromatic amines is 1. The van der Waals surface area contributed by atoms with E-state index in [2.05, 4.69) is 37.3 Å². The maximum absolute atomic E-state index is 14.4. The Morgan fingerprint density at radius 1 is 1.28 bits per heavy atom. The van der Waals surface area contributed by atoms with Gasteiger partial charge in [0, 0.05) is 45.5 Å². The van der Waals surface area contributed by atoms with Crippen LogP contribution in [-0.4, -0.2) is 72.3 Å². The second kappa shape index (κ2) is 11.3. The number of rotatable bonds is 8. The minimum absolute atomic E-state index is 0. The van der Waals surface area contributed by atoms with Gasteiger partial charge in [0.2, 0.25) is 0 Å². The first-order chi connectivity index (χ1) is 15.2. The van der Waals surface area contributed by atoms with E-state index in [1.54, 1.807) is 7.11 Å². The molecule has 0 unspecified atom stereocenters. The number of benzene rings is 1. The topological polar surface area (TPSA) is 92.4 Å². The number of H-pyrrole nitrogens is 1. The summed E-state index contributed by atoms with van der Waals surface area (Å²) in [5, 5.41) is 2.71. The number of nitrogens with one attached hydrogen (secondary N) is 2. The van der Waals surface area contributed by atoms with Crippen molar-refractivity contribution in [3.05, 3.63) is 47.4 Å². The van der Waals surface area contributed by atoms with Crippen LogP contribution in [-0.2, 0) is 16.0 Å². The zero-order valence-corrected chi connectivity index (χ0v) is 18.7. The zero-order valence-electron chi connectivity index (χ0n) is 17.9. The summed E-state index contributed by atoms with van der Waals surface area (Å²) in [7, 11) is 1.59. The standard InChI is InChI=1S/C22H26FN5O3.ClH/c1-30-10-2-7-24-22(29)18-17(23)13-25-21-19(18)26-20(27-21)16-5-3-15(4-6-16)14-28-8-11-31-12-9-28;/h3-6,13H,2,7-12,14H2,1H3,(H,24,29)(H,25,26,27);1H. The smallest absolute Gasteiger partial charge is 0.256 e. The molecule has 2 N–H and O–H groups in total. The molecule has 0 aliphatic carbocycles. The Bertz CT molecular complexity index is 1040. The Hall–Kier alpha value is -2.59. The average molecular weight is 464 g/mol. The number of amides is 1. The van der Waals surface area contributed by atoms with Gasteiger partial charge >= 0.3 is 0 Å². The number of hydrogen-bond acceptors (Lipinski definition) is 6. The third kappa shape index (κ3) is 5.60. The maximum Gasteiger partial charge on any atom is 0.256 e. The first-order valence-corrected chi connectivity index (χ1v) is 10.4. The number of pyridine rings is 1. The predicted octanol–water partition coefficient (Wildman–Crippen LogP) is 2.78. The molecule has 1 fully saturated rings. The van der Waals surface area contributed by atoms with Gasteiger partial charge in [-0.15, -0.1) is 12.4 Å². The molecule has 3 aromatic rings. The Balaban J connectivity index is 0.00000289. The molecule has 8 nitrogen and oxygen atoms in total. The van der Waals surface area contributed by atoms with Crippen LogP contribution in [0.5, 0.6) is 0 Å². The molecule has 1 aromatic carbocycles. The lowest BCUT2D eigenvalue weighted by molar-refractivity contribution is 0.0342. The number of methoxy groups -OCH3 is 1. The minimum Gasteiger partial charge on any atom is -0.385 e. The predicted molar refractivity (Wildman–Crippen MR) is 121 cm³/mol. The van der Waals surface area contributed by atoms with Gasteiger partial charge in [-0.25, -0.2) is 14.4 Å². The van der Waals surface area contributed by atoms with Crippen molar-refractivity contribution in [3.63, 3.8) is 0 Å². The molecule has 3 heterocycles. The number of carbonyl (C=O) groups excluding carboxylic acids is 1. The Labute approximate surface area is 191 Å². The van der Waals surface area contributed by atoms with Gasteiger partial charge in [-0.2, -0.15) is 0 Å². The van der Waals surface area contributed by atoms with Crippen molar-refractivity contribution in [1.82, 2.24) is 25.2 Å². The molecular formula is C22H27ClFN5O3. The highest BCUT2D eigenvalue weighted by atomic mass is 35.5. The van der Waals surface area contributed by atoms with E-state index in [1.807, 2.05) is 12.1 Å². The molecule has 1 aliphatic heterocycles. The van der Waals surface area contributed by atoms with E-state index in [9.17, 15) is 9.18 Å². The highest BCUT2D eigenvalue weighted by Crippen LogP contribution is 2.24. The molecule has 2 aromatic heterocycles. The SMILES string of the molecule is COCCCNC(=O)c1c(F)cnc2[nH]c(-c3ccc(CN4CCOCC4)cc3)nc12.Cl. The summed E-state index contributed by atoms with van der Waals surface area (Å²) < 4.78 is 24.8. The molecule has 4 rings (SSSR count). The van der Waals surface area contributed by atoms with E-state index in [0.29, 0.717) is 31.0 Å². The van der Waals surface area contributed by atoms with Crippen molar-refractivity contribution in [1.29, 1.82) is 0 Å². The number of aromatic nitrogens is 3. The van der Waals surface area contributed by atoms with Gasteiger partial charge in [-0.1, -0.05) is 24.3 Å². The minimum atomic E-state index is -0.698. The van der Waals surface area contributed by atoms with Crippen LogP contribution in [0.25, 0.3) is 22.6 Å². The van der Waals surface area contributed by atoms with Crippen LogP contribution in [0.3, 0.4) is 0 Å². The van der Waals surface area contributed by atoms with Crippen LogP contribution < -0.4 is 5.32 Å². The van der Waals surface area contributed by atoms with Gasteiger partial charge in [0.25, 0.3) is 5.91 Å². The van der Waals surface area contributed by atoms with Crippen molar-refractivity contribution in [2.75, 3.05) is 46.6 Å². The lowest BCUT2D eigenvalue weighted by Gasteiger charge is -2.26. The molecule has 1 aliphatic rings. The largest absolute Gasteiger partial charge is 0.385 e. The summed E-state index contributed by atoms with van der Waals surface area (Å²) in [5.74, 6) is -0.671. The highest BCUT2D eigenvalue weighted by Gasteiger charge is 2.20. The van der Waals surface area contributed by atoms with Crippen LogP contribution in [0.4, 0.5) is 4.39 Å². The number of halogens is 2. The first-order valence-electron chi connectivity index (χ1n) is 10.4. The zero-order chi connectivity index (χ0) is 21.6. The van der Waals surface area contributed by atoms with Crippen molar-refractivity contribution in [2.45, 2.75) is 13.0 Å². The van der Waals surface area contributed by atoms with Crippen molar-refractivity contribution in [3.8, 4) is 11.4 Å². The Kier molecular flexibility index (Phi) is 8.52. The van der Waals surface area contributed by atoms with Gasteiger partial charge in [-0.05, 0) is 12.0 Å². The second-order valence-corrected chi connectivity index (χ2v) is 7.45. The lowest BCUT2D eigenvalue weighted by atomic mass is 10.1. The lowest BCUT2D eigenvalue weighted by Crippen LogP contribution is -2.35. The number of fused-ring (bicyclic) bond motifs is 1. The molecule has 172 valence electrons. The molecule has 0 saturated carbocycles. The van der Waals surface area contributed by atoms with E-state index in [0.717, 1.165) is 44.6 Å². The molecular weight excluding hydrogens is 437 g/mol. The number of imidazole rings is 1. The molecule has 0 atom stereocenters. The van der Waals surface area contributed by atoms with E-state index in [1.165, 1.54) is 5.56 Å². The summed E-state index contributed by atoms with van der Waals surface area (Å²) >= 11 is 0. The van der Waals surface area contributed by atoms with Crippen molar-refractivity contribution in [2.24, 2.45) is 0 Å². The second-order valence-electron chi connectivity index (χ2n) is 7.45. The van der Waals surface area contributed by atoms with Crippen LogP contribution in [0.15, 0.2) is 30.5 Å². The summed E-state index contributed by atoms with van der Waals surface area (Å²) in [6, 6.07) is 8.04. The van der Waals surface area contributed by atoms with Crippen LogP contribution >= 0.6 is 12.4 Å². The Morgan fingerprint density at radius 2 is 2.03 bits per heavy atom. The van der Waals surface area contributed by atoms with E-state index < -0.39 is 11.7 Å². The Morgan fingerprint density at radius 3 is 2.75 bits per heavy atom. The van der Waals surface area contributed by atoms with E-state index in [4.69, 9.17) is 9.47 Å². The molecule has 32 heavy (non-hydrogen) atoms. The van der Waals surface area contributed by atoms with Gasteiger partial charge in [0.15, 0.2) is 11.5 Å². The van der Waals surface area contributed by atoms with Crippen LogP contribution in [0.1, 0.15) is 22.3 Å². The number of carbonyl (C=O) groups is 1. The fraction of sp³-hybridized carbons (Fsp3) is 0.409. The summed E-state index contributed by atoms with van der Waals surface area (Å²) in [5.41, 5.74) is 2.53. The third-order valence-corrected chi connectivity index (χ3v) is 5.24. The highest BCUT2D eigenvalue weighted by molar-refractivity contribution is 6.04. The first kappa shape index (κ1) is 24.1. The number of morpholine rings is 1. The van der Waals surface area contributed by atoms with E-state index >= 15 is 0 Å². The molecule has 0 spiro atoms. The van der Waals surface area contributed by atoms with Gasteiger partial charge in [0.1, 0.15) is 16.9 Å². The number of nitrogens with zero attached hydrogens (tertiary/aromatic N) is 3. The van der Waals surface area contributed by atoms with Crippen LogP contribution in [0.2, 0.25) is 0 Å². The quantitative estimate of drug-likeness (QED) is 0.499. The third-order valence-electron chi connectivity index (χ3n) is 5.24.